The van der Waals surface area contributed by atoms with Gasteiger partial charge in [0, 0.05) is 5.41 Å². The van der Waals surface area contributed by atoms with Crippen LogP contribution in [0.2, 0.25) is 0 Å². The topological polar surface area (TPSA) is 0 Å². The van der Waals surface area contributed by atoms with Gasteiger partial charge in [0.25, 0.3) is 0 Å². The molecule has 74 valence electrons. The molecule has 0 fully saturated rings. The summed E-state index contributed by atoms with van der Waals surface area (Å²) in [5, 5.41) is 0. The molecule has 1 rings (SSSR count). The van der Waals surface area contributed by atoms with Crippen LogP contribution < -0.4 is 0 Å². The third-order valence-electron chi connectivity index (χ3n) is 2.97. The van der Waals surface area contributed by atoms with E-state index < -0.39 is 0 Å². The number of rotatable bonds is 2. The Kier molecular flexibility index (Phi) is 2.44. The van der Waals surface area contributed by atoms with Crippen molar-refractivity contribution in [1.82, 2.24) is 0 Å². The molecule has 0 aromatic rings. The van der Waals surface area contributed by atoms with Gasteiger partial charge >= 0.3 is 0 Å². The molecule has 0 heterocycles. The van der Waals surface area contributed by atoms with E-state index in [0.29, 0.717) is 10.8 Å². The van der Waals surface area contributed by atoms with Gasteiger partial charge in [0.2, 0.25) is 0 Å². The van der Waals surface area contributed by atoms with Crippen molar-refractivity contribution in [3.05, 3.63) is 23.3 Å². The predicted molar refractivity (Wildman–Crippen MR) is 59.7 cm³/mol. The van der Waals surface area contributed by atoms with E-state index in [9.17, 15) is 0 Å². The van der Waals surface area contributed by atoms with E-state index in [1.807, 2.05) is 0 Å². The van der Waals surface area contributed by atoms with Crippen molar-refractivity contribution in [2.24, 2.45) is 10.8 Å². The van der Waals surface area contributed by atoms with Crippen LogP contribution in [0.25, 0.3) is 0 Å². The lowest BCUT2D eigenvalue weighted by molar-refractivity contribution is 0.420. The third kappa shape index (κ3) is 2.46. The molecule has 0 heteroatoms. The minimum atomic E-state index is 0.397. The van der Waals surface area contributed by atoms with E-state index in [1.165, 1.54) is 12.0 Å². The summed E-state index contributed by atoms with van der Waals surface area (Å²) in [5.41, 5.74) is 3.91. The summed E-state index contributed by atoms with van der Waals surface area (Å²) >= 11 is 0. The lowest BCUT2D eigenvalue weighted by Gasteiger charge is -2.14. The molecule has 1 aliphatic carbocycles. The van der Waals surface area contributed by atoms with Gasteiger partial charge in [-0.15, -0.1) is 0 Å². The van der Waals surface area contributed by atoms with Gasteiger partial charge in [0.05, 0.1) is 0 Å². The van der Waals surface area contributed by atoms with Crippen LogP contribution in [-0.2, 0) is 0 Å². The molecule has 0 bridgehead atoms. The summed E-state index contributed by atoms with van der Waals surface area (Å²) in [7, 11) is 0. The second-order valence-electron chi connectivity index (χ2n) is 5.83. The van der Waals surface area contributed by atoms with E-state index in [-0.39, 0.29) is 0 Å². The molecule has 0 spiro atoms. The molecule has 0 N–H and O–H groups in total. The van der Waals surface area contributed by atoms with Gasteiger partial charge in [-0.3, -0.25) is 0 Å². The Labute approximate surface area is 82.7 Å². The average Bonchev–Trinajstić information content (AvgIpc) is 2.35. The minimum absolute atomic E-state index is 0.397. The Morgan fingerprint density at radius 2 is 1.69 bits per heavy atom. The largest absolute Gasteiger partial charge is 0.0837 e. The van der Waals surface area contributed by atoms with Crippen LogP contribution in [0.3, 0.4) is 0 Å². The molecular formula is C13H22. The second-order valence-corrected chi connectivity index (χ2v) is 5.83. The Morgan fingerprint density at radius 3 is 2.00 bits per heavy atom. The predicted octanol–water partition coefficient (Wildman–Crippen LogP) is 4.34. The maximum absolute atomic E-state index is 2.31. The fourth-order valence-corrected chi connectivity index (χ4v) is 1.55. The highest BCUT2D eigenvalue weighted by atomic mass is 14.4. The second kappa shape index (κ2) is 3.01. The molecule has 0 radical (unpaired) electrons. The normalized spacial score (nSPS) is 21.4. The summed E-state index contributed by atoms with van der Waals surface area (Å²) in [4.78, 5) is 0. The monoisotopic (exact) mass is 178 g/mol. The maximum atomic E-state index is 2.31. The summed E-state index contributed by atoms with van der Waals surface area (Å²) in [6, 6.07) is 0. The molecule has 0 unspecified atom stereocenters. The molecule has 0 aliphatic heterocycles. The zero-order valence-corrected chi connectivity index (χ0v) is 9.86. The molecule has 0 amide bonds. The van der Waals surface area contributed by atoms with Crippen molar-refractivity contribution in [3.63, 3.8) is 0 Å². The van der Waals surface area contributed by atoms with Gasteiger partial charge in [-0.1, -0.05) is 52.3 Å². The summed E-state index contributed by atoms with van der Waals surface area (Å²) in [6.07, 6.45) is 5.79. The van der Waals surface area contributed by atoms with Crippen LogP contribution >= 0.6 is 0 Å². The van der Waals surface area contributed by atoms with E-state index in [0.717, 1.165) is 0 Å². The first-order valence-corrected chi connectivity index (χ1v) is 5.13. The first-order chi connectivity index (χ1) is 5.75. The first kappa shape index (κ1) is 10.6. The number of hydrogen-bond acceptors (Lipinski definition) is 0. The fourth-order valence-electron chi connectivity index (χ4n) is 1.55. The van der Waals surface area contributed by atoms with Crippen LogP contribution in [0.15, 0.2) is 23.3 Å². The lowest BCUT2D eigenvalue weighted by Crippen LogP contribution is -2.01. The smallest absolute Gasteiger partial charge is 0.0108 e. The molecule has 0 saturated carbocycles. The van der Waals surface area contributed by atoms with Crippen molar-refractivity contribution in [1.29, 1.82) is 0 Å². The Balaban J connectivity index is 2.45. The van der Waals surface area contributed by atoms with Gasteiger partial charge in [-0.25, -0.2) is 0 Å². The van der Waals surface area contributed by atoms with Crippen LogP contribution in [0.1, 0.15) is 48.0 Å². The maximum Gasteiger partial charge on any atom is 0.0108 e. The Morgan fingerprint density at radius 1 is 1.23 bits per heavy atom. The molecule has 13 heavy (non-hydrogen) atoms. The molecule has 1 aliphatic rings. The Hall–Kier alpha value is -0.520. The number of hydrogen-bond donors (Lipinski definition) is 0. The van der Waals surface area contributed by atoms with Crippen LogP contribution in [0.5, 0.6) is 0 Å². The van der Waals surface area contributed by atoms with Crippen LogP contribution in [-0.4, -0.2) is 0 Å². The van der Waals surface area contributed by atoms with Gasteiger partial charge < -0.3 is 0 Å². The van der Waals surface area contributed by atoms with Gasteiger partial charge in [-0.2, -0.15) is 0 Å². The molecule has 0 atom stereocenters. The number of allylic oxidation sites excluding steroid dienone is 4. The Bertz CT molecular complexity index is 256. The third-order valence-corrected chi connectivity index (χ3v) is 2.97. The standard InChI is InChI=1S/C13H22/c1-10-11(13(10,5)6)8-7-9-12(2,3)4/h7-8H,9H2,1-6H3. The van der Waals surface area contributed by atoms with Gasteiger partial charge in [-0.05, 0) is 24.3 Å². The zero-order valence-electron chi connectivity index (χ0n) is 9.86. The summed E-state index contributed by atoms with van der Waals surface area (Å²) in [6.45, 7) is 13.6. The van der Waals surface area contributed by atoms with E-state index in [4.69, 9.17) is 0 Å². The quantitative estimate of drug-likeness (QED) is 0.590. The SMILES string of the molecule is CC1=C(C=CCC(C)(C)C)C1(C)C. The van der Waals surface area contributed by atoms with Crippen molar-refractivity contribution >= 4 is 0 Å². The fraction of sp³-hybridized carbons (Fsp3) is 0.692. The first-order valence-electron chi connectivity index (χ1n) is 5.13. The molecular weight excluding hydrogens is 156 g/mol. The van der Waals surface area contributed by atoms with Crippen LogP contribution in [0.4, 0.5) is 0 Å². The lowest BCUT2D eigenvalue weighted by atomic mass is 9.92. The minimum Gasteiger partial charge on any atom is -0.0837 e. The van der Waals surface area contributed by atoms with Crippen molar-refractivity contribution in [2.75, 3.05) is 0 Å². The highest BCUT2D eigenvalue weighted by molar-refractivity contribution is 5.52. The summed E-state index contributed by atoms with van der Waals surface area (Å²) in [5.74, 6) is 0. The molecule has 0 aromatic carbocycles. The highest BCUT2D eigenvalue weighted by Gasteiger charge is 2.39. The average molecular weight is 178 g/mol. The highest BCUT2D eigenvalue weighted by Crippen LogP contribution is 2.52. The van der Waals surface area contributed by atoms with Crippen LogP contribution in [0, 0.1) is 10.8 Å². The molecule has 0 saturated heterocycles. The summed E-state index contributed by atoms with van der Waals surface area (Å²) < 4.78 is 0. The zero-order chi connectivity index (χ0) is 10.3. The molecule has 0 aromatic heterocycles. The van der Waals surface area contributed by atoms with Crippen molar-refractivity contribution in [3.8, 4) is 0 Å². The van der Waals surface area contributed by atoms with Crippen molar-refractivity contribution in [2.45, 2.75) is 48.0 Å². The van der Waals surface area contributed by atoms with E-state index in [2.05, 4.69) is 53.7 Å². The van der Waals surface area contributed by atoms with E-state index >= 15 is 0 Å². The van der Waals surface area contributed by atoms with E-state index in [1.54, 1.807) is 5.57 Å². The molecule has 0 nitrogen and oxygen atoms in total. The van der Waals surface area contributed by atoms with Gasteiger partial charge in [0.1, 0.15) is 0 Å². The van der Waals surface area contributed by atoms with Crippen molar-refractivity contribution < 1.29 is 0 Å². The van der Waals surface area contributed by atoms with Gasteiger partial charge in [0.15, 0.2) is 0 Å².